The number of aliphatic hydroxyl groups is 1. The molecule has 6 rings (SSSR count). The Labute approximate surface area is 240 Å². The molecule has 214 valence electrons. The van der Waals surface area contributed by atoms with E-state index >= 15 is 0 Å². The molecule has 0 radical (unpaired) electrons. The second-order valence-electron chi connectivity index (χ2n) is 11.9. The molecule has 2 saturated heterocycles. The Morgan fingerprint density at radius 2 is 1.63 bits per heavy atom. The van der Waals surface area contributed by atoms with Gasteiger partial charge in [-0.15, -0.1) is 0 Å². The number of hydrogen-bond acceptors (Lipinski definition) is 5. The fraction of sp³-hybridized carbons (Fsp3) is 0.424. The summed E-state index contributed by atoms with van der Waals surface area (Å²) in [5, 5.41) is 10.5. The number of fused-ring (bicyclic) bond motifs is 2. The number of carbonyl (C=O) groups is 3. The molecule has 1 unspecified atom stereocenters. The second-order valence-corrected chi connectivity index (χ2v) is 11.9. The molecule has 8 nitrogen and oxygen atoms in total. The lowest BCUT2D eigenvalue weighted by atomic mass is 9.77. The highest BCUT2D eigenvalue weighted by Crippen LogP contribution is 2.54. The van der Waals surface area contributed by atoms with Crippen LogP contribution < -0.4 is 4.90 Å². The van der Waals surface area contributed by atoms with E-state index in [0.29, 0.717) is 26.1 Å². The summed E-state index contributed by atoms with van der Waals surface area (Å²) in [6, 6.07) is 17.6. The number of aliphatic hydroxyl groups excluding tert-OH is 1. The van der Waals surface area contributed by atoms with E-state index in [2.05, 4.69) is 0 Å². The molecule has 0 saturated carbocycles. The van der Waals surface area contributed by atoms with Crippen LogP contribution >= 0.6 is 0 Å². The van der Waals surface area contributed by atoms with E-state index in [1.54, 1.807) is 14.7 Å². The maximum Gasteiger partial charge on any atom is 0.249 e. The van der Waals surface area contributed by atoms with Gasteiger partial charge in [-0.05, 0) is 30.0 Å². The van der Waals surface area contributed by atoms with Crippen LogP contribution in [-0.2, 0) is 25.7 Å². The fourth-order valence-electron chi connectivity index (χ4n) is 7.12. The second kappa shape index (κ2) is 10.9. The summed E-state index contributed by atoms with van der Waals surface area (Å²) in [7, 11) is 0. The molecule has 4 heterocycles. The van der Waals surface area contributed by atoms with Gasteiger partial charge in [-0.25, -0.2) is 0 Å². The van der Waals surface area contributed by atoms with Gasteiger partial charge < -0.3 is 24.5 Å². The summed E-state index contributed by atoms with van der Waals surface area (Å²) in [5.74, 6) is -2.25. The Morgan fingerprint density at radius 1 is 0.927 bits per heavy atom. The van der Waals surface area contributed by atoms with Crippen molar-refractivity contribution in [3.05, 3.63) is 90.5 Å². The third-order valence-corrected chi connectivity index (χ3v) is 8.81. The molecule has 6 atom stereocenters. The number of para-hydroxylation sites is 1. The molecule has 41 heavy (non-hydrogen) atoms. The van der Waals surface area contributed by atoms with Crippen LogP contribution in [0.4, 0.5) is 5.69 Å². The molecule has 2 aromatic carbocycles. The molecule has 0 bridgehead atoms. The van der Waals surface area contributed by atoms with Gasteiger partial charge >= 0.3 is 0 Å². The standard InChI is InChI=1S/C33H37N3O5/c1-22(2)19-25(21-37)36-29-32(40)34(20-23-11-5-3-6-12-23)17-10-16-33(29)28(31(36)39)27-26(41-33)15-9-18-35(30(27)38)24-13-7-4-8-14-24/h3-16,22,25-29,37H,17-21H2,1-2H3/t25-,26-,27+,28+,29?,33+/m1/s1. The molecule has 0 aromatic heterocycles. The lowest BCUT2D eigenvalue weighted by molar-refractivity contribution is -0.151. The molecular formula is C33H37N3O5. The average Bonchev–Trinajstić information content (AvgIpc) is 3.30. The first-order valence-electron chi connectivity index (χ1n) is 14.5. The van der Waals surface area contributed by atoms with Crippen LogP contribution in [0, 0.1) is 17.8 Å². The van der Waals surface area contributed by atoms with Crippen LogP contribution in [0.5, 0.6) is 0 Å². The van der Waals surface area contributed by atoms with E-state index in [4.69, 9.17) is 4.74 Å². The number of ether oxygens (including phenoxy) is 1. The van der Waals surface area contributed by atoms with Crippen molar-refractivity contribution in [2.45, 2.75) is 50.6 Å². The molecule has 4 aliphatic heterocycles. The van der Waals surface area contributed by atoms with E-state index < -0.39 is 35.6 Å². The highest BCUT2D eigenvalue weighted by Gasteiger charge is 2.72. The molecule has 2 aromatic rings. The Morgan fingerprint density at radius 3 is 2.32 bits per heavy atom. The summed E-state index contributed by atoms with van der Waals surface area (Å²) >= 11 is 0. The Balaban J connectivity index is 1.44. The van der Waals surface area contributed by atoms with E-state index in [1.807, 2.05) is 98.8 Å². The number of amides is 3. The van der Waals surface area contributed by atoms with Crippen molar-refractivity contribution < 1.29 is 24.2 Å². The predicted octanol–water partition coefficient (Wildman–Crippen LogP) is 3.18. The van der Waals surface area contributed by atoms with Gasteiger partial charge in [0.1, 0.15) is 11.6 Å². The van der Waals surface area contributed by atoms with Crippen LogP contribution in [-0.4, -0.2) is 76.1 Å². The lowest BCUT2D eigenvalue weighted by Crippen LogP contribution is -2.58. The zero-order valence-corrected chi connectivity index (χ0v) is 23.5. The van der Waals surface area contributed by atoms with Crippen molar-refractivity contribution >= 4 is 23.4 Å². The Hall–Kier alpha value is -3.75. The molecule has 1 N–H and O–H groups in total. The molecule has 2 fully saturated rings. The molecule has 1 spiro atoms. The number of anilines is 1. The van der Waals surface area contributed by atoms with Crippen LogP contribution in [0.1, 0.15) is 25.8 Å². The predicted molar refractivity (Wildman–Crippen MR) is 154 cm³/mol. The smallest absolute Gasteiger partial charge is 0.249 e. The number of carbonyl (C=O) groups excluding carboxylic acids is 3. The lowest BCUT2D eigenvalue weighted by Gasteiger charge is -2.39. The SMILES string of the molecule is CC(C)C[C@H](CO)N1C(=O)[C@@H]2[C@H]3C(=O)N(c4ccccc4)CC=C[C@H]3O[C@@]23C=CCN(Cc2ccccc2)C(=O)C13. The summed E-state index contributed by atoms with van der Waals surface area (Å²) in [6.45, 7) is 4.88. The summed E-state index contributed by atoms with van der Waals surface area (Å²) in [5.41, 5.74) is 0.406. The molecule has 4 aliphatic rings. The van der Waals surface area contributed by atoms with Crippen molar-refractivity contribution in [2.24, 2.45) is 17.8 Å². The van der Waals surface area contributed by atoms with Crippen molar-refractivity contribution in [1.29, 1.82) is 0 Å². The van der Waals surface area contributed by atoms with Crippen molar-refractivity contribution in [3.63, 3.8) is 0 Å². The van der Waals surface area contributed by atoms with E-state index in [0.717, 1.165) is 11.3 Å². The topological polar surface area (TPSA) is 90.4 Å². The molecule has 0 aliphatic carbocycles. The van der Waals surface area contributed by atoms with Crippen molar-refractivity contribution in [2.75, 3.05) is 24.6 Å². The molecule has 3 amide bonds. The van der Waals surface area contributed by atoms with Gasteiger partial charge in [0.2, 0.25) is 17.7 Å². The zero-order valence-electron chi connectivity index (χ0n) is 23.5. The molecule has 8 heteroatoms. The summed E-state index contributed by atoms with van der Waals surface area (Å²) in [6.07, 6.45) is 7.41. The minimum atomic E-state index is -1.32. The molecular weight excluding hydrogens is 518 g/mol. The minimum Gasteiger partial charge on any atom is -0.394 e. The largest absolute Gasteiger partial charge is 0.394 e. The van der Waals surface area contributed by atoms with E-state index in [1.165, 1.54) is 0 Å². The van der Waals surface area contributed by atoms with Gasteiger partial charge in [-0.1, -0.05) is 86.7 Å². The van der Waals surface area contributed by atoms with Crippen LogP contribution in [0.15, 0.2) is 85.0 Å². The quantitative estimate of drug-likeness (QED) is 0.530. The summed E-state index contributed by atoms with van der Waals surface area (Å²) < 4.78 is 6.75. The van der Waals surface area contributed by atoms with Gasteiger partial charge in [0, 0.05) is 25.3 Å². The Bertz CT molecular complexity index is 1360. The Kier molecular flexibility index (Phi) is 7.30. The number of benzene rings is 2. The maximum absolute atomic E-state index is 14.5. The monoisotopic (exact) mass is 555 g/mol. The van der Waals surface area contributed by atoms with Crippen LogP contribution in [0.25, 0.3) is 0 Å². The third kappa shape index (κ3) is 4.59. The van der Waals surface area contributed by atoms with Crippen molar-refractivity contribution in [3.8, 4) is 0 Å². The van der Waals surface area contributed by atoms with Crippen molar-refractivity contribution in [1.82, 2.24) is 9.80 Å². The van der Waals surface area contributed by atoms with Crippen LogP contribution in [0.2, 0.25) is 0 Å². The highest BCUT2D eigenvalue weighted by molar-refractivity contribution is 6.04. The van der Waals surface area contributed by atoms with Gasteiger partial charge in [-0.2, -0.15) is 0 Å². The van der Waals surface area contributed by atoms with Gasteiger partial charge in [0.15, 0.2) is 0 Å². The normalized spacial score (nSPS) is 29.9. The first kappa shape index (κ1) is 27.4. The maximum atomic E-state index is 14.5. The van der Waals surface area contributed by atoms with Gasteiger partial charge in [0.05, 0.1) is 30.6 Å². The number of rotatable bonds is 7. The minimum absolute atomic E-state index is 0.179. The fourth-order valence-corrected chi connectivity index (χ4v) is 7.12. The van der Waals surface area contributed by atoms with E-state index in [-0.39, 0.29) is 30.2 Å². The average molecular weight is 556 g/mol. The number of likely N-dealkylation sites (tertiary alicyclic amines) is 1. The third-order valence-electron chi connectivity index (χ3n) is 8.81. The van der Waals surface area contributed by atoms with Crippen LogP contribution in [0.3, 0.4) is 0 Å². The first-order valence-corrected chi connectivity index (χ1v) is 14.5. The van der Waals surface area contributed by atoms with Gasteiger partial charge in [0.25, 0.3) is 0 Å². The first-order chi connectivity index (χ1) is 19.9. The summed E-state index contributed by atoms with van der Waals surface area (Å²) in [4.78, 5) is 48.3. The van der Waals surface area contributed by atoms with Gasteiger partial charge in [-0.3, -0.25) is 14.4 Å². The van der Waals surface area contributed by atoms with E-state index in [9.17, 15) is 19.5 Å². The number of nitrogens with zero attached hydrogens (tertiary/aromatic N) is 3. The zero-order chi connectivity index (χ0) is 28.7. The highest BCUT2D eigenvalue weighted by atomic mass is 16.5. The number of hydrogen-bond donors (Lipinski definition) is 1.